The van der Waals surface area contributed by atoms with Crippen LogP contribution in [0.25, 0.3) is 0 Å². The molecule has 3 unspecified atom stereocenters. The minimum atomic E-state index is -3.72. The summed E-state index contributed by atoms with van der Waals surface area (Å²) in [5, 5.41) is 93.8. The third kappa shape index (κ3) is 2.56. The van der Waals surface area contributed by atoms with E-state index in [0.717, 1.165) is 4.90 Å². The van der Waals surface area contributed by atoms with Crippen LogP contribution in [-0.4, -0.2) is 88.4 Å². The molecule has 0 bridgehead atoms. The van der Waals surface area contributed by atoms with Gasteiger partial charge in [0.05, 0.1) is 5.69 Å². The predicted molar refractivity (Wildman–Crippen MR) is 101 cm³/mol. The first-order valence-corrected chi connectivity index (χ1v) is 9.01. The van der Waals surface area contributed by atoms with Crippen molar-refractivity contribution in [1.29, 1.82) is 0 Å². The SMILES string of the molecule is CC(C)CC(O)(N(C)C)C1(c2c(N)c(O)c(Cl)c(O)c2O)C(O)C(O)(O)C1(O)O. The fraction of sp³-hybridized carbons (Fsp3) is 0.647. The Morgan fingerprint density at radius 3 is 1.93 bits per heavy atom. The Labute approximate surface area is 171 Å². The van der Waals surface area contributed by atoms with E-state index in [-0.39, 0.29) is 12.3 Å². The van der Waals surface area contributed by atoms with Gasteiger partial charge in [-0.25, -0.2) is 0 Å². The molecule has 11 N–H and O–H groups in total. The molecule has 0 aliphatic heterocycles. The van der Waals surface area contributed by atoms with Gasteiger partial charge in [0, 0.05) is 5.56 Å². The van der Waals surface area contributed by atoms with E-state index in [4.69, 9.17) is 17.3 Å². The number of nitrogens with zero attached hydrogens (tertiary/aromatic N) is 1. The standard InChI is InChI=1S/C17H27ClN2O9/c1-6(2)5-14(25,20(3)4)15(13(24)16(26,27)17(15,28)29)7-9(19)11(22)8(18)12(23)10(7)21/h6,13,21-29H,5,19H2,1-4H3. The van der Waals surface area contributed by atoms with Gasteiger partial charge in [0.2, 0.25) is 11.6 Å². The van der Waals surface area contributed by atoms with Crippen molar-refractivity contribution in [3.05, 3.63) is 10.6 Å². The number of likely N-dealkylation sites (N-methyl/N-ethyl adjacent to an activating group) is 1. The minimum Gasteiger partial charge on any atom is -0.504 e. The minimum absolute atomic E-state index is 0.307. The third-order valence-corrected chi connectivity index (χ3v) is 6.07. The van der Waals surface area contributed by atoms with Crippen LogP contribution in [0.2, 0.25) is 5.02 Å². The number of phenolic OH excluding ortho intramolecular Hbond substituents is 3. The highest BCUT2D eigenvalue weighted by molar-refractivity contribution is 6.34. The number of aromatic hydroxyl groups is 3. The maximum atomic E-state index is 11.6. The molecule has 1 fully saturated rings. The first kappa shape index (κ1) is 23.7. The van der Waals surface area contributed by atoms with Crippen LogP contribution in [-0.2, 0) is 5.41 Å². The van der Waals surface area contributed by atoms with Crippen molar-refractivity contribution in [2.75, 3.05) is 19.8 Å². The molecule has 11 nitrogen and oxygen atoms in total. The van der Waals surface area contributed by atoms with Crippen molar-refractivity contribution < 1.29 is 46.0 Å². The number of hydrogen-bond donors (Lipinski definition) is 10. The second-order valence-corrected chi connectivity index (χ2v) is 8.44. The van der Waals surface area contributed by atoms with Crippen LogP contribution < -0.4 is 5.73 Å². The predicted octanol–water partition coefficient (Wildman–Crippen LogP) is -1.69. The van der Waals surface area contributed by atoms with Crippen LogP contribution in [0, 0.1) is 5.92 Å². The molecule has 29 heavy (non-hydrogen) atoms. The normalized spacial score (nSPS) is 27.7. The largest absolute Gasteiger partial charge is 0.504 e. The molecule has 0 spiro atoms. The summed E-state index contributed by atoms with van der Waals surface area (Å²) in [4.78, 5) is 1.05. The monoisotopic (exact) mass is 438 g/mol. The zero-order valence-corrected chi connectivity index (χ0v) is 17.0. The van der Waals surface area contributed by atoms with Crippen molar-refractivity contribution in [1.82, 2.24) is 4.90 Å². The first-order valence-electron chi connectivity index (χ1n) is 8.64. The number of halogens is 1. The molecule has 0 heterocycles. The maximum absolute atomic E-state index is 11.6. The van der Waals surface area contributed by atoms with Gasteiger partial charge >= 0.3 is 0 Å². The van der Waals surface area contributed by atoms with E-state index in [2.05, 4.69) is 0 Å². The first-order chi connectivity index (χ1) is 12.9. The highest BCUT2D eigenvalue weighted by Crippen LogP contribution is 2.67. The van der Waals surface area contributed by atoms with Gasteiger partial charge < -0.3 is 51.7 Å². The number of anilines is 1. The molecule has 0 radical (unpaired) electrons. The summed E-state index contributed by atoms with van der Waals surface area (Å²) in [5.41, 5.74) is -1.37. The number of hydrogen-bond acceptors (Lipinski definition) is 11. The Morgan fingerprint density at radius 2 is 1.55 bits per heavy atom. The molecule has 1 saturated carbocycles. The lowest BCUT2D eigenvalue weighted by Crippen LogP contribution is -2.93. The summed E-state index contributed by atoms with van der Waals surface area (Å²) in [5.74, 6) is -11.0. The van der Waals surface area contributed by atoms with Gasteiger partial charge in [0.15, 0.2) is 17.2 Å². The lowest BCUT2D eigenvalue weighted by atomic mass is 9.46. The molecule has 1 aromatic carbocycles. The number of rotatable bonds is 5. The molecule has 1 aliphatic carbocycles. The van der Waals surface area contributed by atoms with Crippen LogP contribution in [0.5, 0.6) is 17.2 Å². The Balaban J connectivity index is 3.10. The van der Waals surface area contributed by atoms with E-state index < -0.39 is 62.3 Å². The highest BCUT2D eigenvalue weighted by Gasteiger charge is 2.88. The summed E-state index contributed by atoms with van der Waals surface area (Å²) >= 11 is 5.70. The van der Waals surface area contributed by atoms with Crippen molar-refractivity contribution in [3.63, 3.8) is 0 Å². The molecular formula is C17H27ClN2O9. The van der Waals surface area contributed by atoms with Crippen molar-refractivity contribution >= 4 is 17.3 Å². The Morgan fingerprint density at radius 1 is 1.07 bits per heavy atom. The third-order valence-electron chi connectivity index (χ3n) is 5.71. The van der Waals surface area contributed by atoms with Crippen LogP contribution in [0.4, 0.5) is 5.69 Å². The van der Waals surface area contributed by atoms with E-state index in [1.165, 1.54) is 14.1 Å². The average Bonchev–Trinajstić information content (AvgIpc) is 2.59. The molecule has 1 aromatic rings. The summed E-state index contributed by atoms with van der Waals surface area (Å²) in [7, 11) is 2.59. The van der Waals surface area contributed by atoms with Gasteiger partial charge in [0.1, 0.15) is 22.3 Å². The number of aliphatic hydroxyl groups excluding tert-OH is 1. The van der Waals surface area contributed by atoms with Gasteiger partial charge in [-0.1, -0.05) is 25.4 Å². The van der Waals surface area contributed by atoms with Crippen molar-refractivity contribution in [2.24, 2.45) is 5.92 Å². The van der Waals surface area contributed by atoms with E-state index in [9.17, 15) is 46.0 Å². The summed E-state index contributed by atoms with van der Waals surface area (Å²) in [6, 6.07) is 0. The quantitative estimate of drug-likeness (QED) is 0.108. The topological polar surface area (TPSA) is 211 Å². The zero-order chi connectivity index (χ0) is 22.9. The van der Waals surface area contributed by atoms with Crippen LogP contribution >= 0.6 is 11.6 Å². The number of benzene rings is 1. The number of aliphatic hydroxyl groups is 6. The van der Waals surface area contributed by atoms with E-state index >= 15 is 0 Å². The lowest BCUT2D eigenvalue weighted by Gasteiger charge is -2.69. The van der Waals surface area contributed by atoms with Crippen molar-refractivity contribution in [2.45, 2.75) is 49.1 Å². The number of nitrogens with two attached hydrogens (primary N) is 1. The van der Waals surface area contributed by atoms with Gasteiger partial charge in [-0.15, -0.1) is 0 Å². The van der Waals surface area contributed by atoms with Gasteiger partial charge in [-0.05, 0) is 26.4 Å². The maximum Gasteiger partial charge on any atom is 0.247 e. The Hall–Kier alpha value is -1.57. The molecule has 1 aliphatic rings. The molecular weight excluding hydrogens is 412 g/mol. The van der Waals surface area contributed by atoms with Gasteiger partial charge in [-0.2, -0.15) is 0 Å². The molecule has 2 rings (SSSR count). The lowest BCUT2D eigenvalue weighted by molar-refractivity contribution is -0.514. The summed E-state index contributed by atoms with van der Waals surface area (Å²) < 4.78 is 0. The fourth-order valence-corrected chi connectivity index (χ4v) is 4.46. The molecule has 166 valence electrons. The van der Waals surface area contributed by atoms with Crippen LogP contribution in [0.1, 0.15) is 25.8 Å². The summed E-state index contributed by atoms with van der Waals surface area (Å²) in [6.45, 7) is 3.30. The molecule has 3 atom stereocenters. The fourth-order valence-electron chi connectivity index (χ4n) is 4.27. The zero-order valence-electron chi connectivity index (χ0n) is 16.3. The van der Waals surface area contributed by atoms with Crippen LogP contribution in [0.15, 0.2) is 0 Å². The van der Waals surface area contributed by atoms with Gasteiger partial charge in [-0.3, -0.25) is 4.90 Å². The van der Waals surface area contributed by atoms with Crippen LogP contribution in [0.3, 0.4) is 0 Å². The van der Waals surface area contributed by atoms with E-state index in [1.54, 1.807) is 13.8 Å². The second-order valence-electron chi connectivity index (χ2n) is 8.07. The van der Waals surface area contributed by atoms with E-state index in [1.807, 2.05) is 0 Å². The van der Waals surface area contributed by atoms with Gasteiger partial charge in [0.25, 0.3) is 0 Å². The van der Waals surface area contributed by atoms with Crippen molar-refractivity contribution in [3.8, 4) is 17.2 Å². The Kier molecular flexibility index (Phi) is 5.49. The number of phenols is 3. The Bertz CT molecular complexity index is 801. The number of nitrogen functional groups attached to an aromatic ring is 1. The molecule has 0 saturated heterocycles. The highest BCUT2D eigenvalue weighted by atomic mass is 35.5. The molecule has 0 amide bonds. The smallest absolute Gasteiger partial charge is 0.247 e. The molecule has 0 aromatic heterocycles. The second kappa shape index (κ2) is 6.72. The molecule has 12 heteroatoms. The summed E-state index contributed by atoms with van der Waals surface area (Å²) in [6.07, 6.45) is -2.86. The average molecular weight is 439 g/mol. The van der Waals surface area contributed by atoms with E-state index in [0.29, 0.717) is 0 Å².